The van der Waals surface area contributed by atoms with Crippen LogP contribution in [0.2, 0.25) is 0 Å². The van der Waals surface area contributed by atoms with Gasteiger partial charge in [0.15, 0.2) is 5.78 Å². The monoisotopic (exact) mass is 348 g/mol. The normalized spacial score (nSPS) is 52.0. The molecule has 7 atom stereocenters. The van der Waals surface area contributed by atoms with Crippen molar-refractivity contribution >= 4 is 5.78 Å². The standard InChI is InChI=1S/C21H32O4/c1-19-8-5-14(23)11-13(19)3-4-15-16(19)6-9-20(2)17(15)7-10-21(20,25)18(24)12-22/h11,14-17,22-23,25H,3-10,12H2,1-2H3/t14?,15-,16+,17+,19+,20+,21+/m1/s1. The van der Waals surface area contributed by atoms with Crippen LogP contribution in [-0.4, -0.2) is 39.4 Å². The highest BCUT2D eigenvalue weighted by atomic mass is 16.3. The molecule has 3 fully saturated rings. The molecule has 0 bridgehead atoms. The largest absolute Gasteiger partial charge is 0.389 e. The minimum atomic E-state index is -1.35. The number of aliphatic hydroxyl groups excluding tert-OH is 2. The van der Waals surface area contributed by atoms with E-state index in [1.165, 1.54) is 5.57 Å². The number of aliphatic hydroxyl groups is 3. The van der Waals surface area contributed by atoms with E-state index >= 15 is 0 Å². The average Bonchev–Trinajstić information content (AvgIpc) is 2.87. The fourth-order valence-electron chi connectivity index (χ4n) is 7.31. The number of hydrogen-bond acceptors (Lipinski definition) is 4. The van der Waals surface area contributed by atoms with Gasteiger partial charge in [-0.05, 0) is 74.5 Å². The highest BCUT2D eigenvalue weighted by Crippen LogP contribution is 2.67. The summed E-state index contributed by atoms with van der Waals surface area (Å²) in [5.41, 5.74) is -0.141. The molecule has 25 heavy (non-hydrogen) atoms. The van der Waals surface area contributed by atoms with Crippen LogP contribution < -0.4 is 0 Å². The third-order valence-electron chi connectivity index (χ3n) is 8.85. The van der Waals surface area contributed by atoms with E-state index in [0.29, 0.717) is 24.2 Å². The predicted molar refractivity (Wildman–Crippen MR) is 94.8 cm³/mol. The van der Waals surface area contributed by atoms with Crippen molar-refractivity contribution in [2.45, 2.75) is 76.9 Å². The number of ketones is 1. The van der Waals surface area contributed by atoms with Gasteiger partial charge in [0.25, 0.3) is 0 Å². The van der Waals surface area contributed by atoms with Crippen LogP contribution in [0.1, 0.15) is 65.2 Å². The van der Waals surface area contributed by atoms with Crippen molar-refractivity contribution in [3.05, 3.63) is 11.6 Å². The van der Waals surface area contributed by atoms with Crippen LogP contribution in [0.25, 0.3) is 0 Å². The second kappa shape index (κ2) is 5.64. The number of hydrogen-bond donors (Lipinski definition) is 3. The van der Waals surface area contributed by atoms with Gasteiger partial charge in [-0.1, -0.05) is 25.5 Å². The quantitative estimate of drug-likeness (QED) is 0.670. The molecule has 4 rings (SSSR count). The summed E-state index contributed by atoms with van der Waals surface area (Å²) in [4.78, 5) is 12.3. The fourth-order valence-corrected chi connectivity index (χ4v) is 7.31. The van der Waals surface area contributed by atoms with E-state index in [9.17, 15) is 20.1 Å². The van der Waals surface area contributed by atoms with E-state index < -0.39 is 17.6 Å². The molecule has 0 aliphatic heterocycles. The van der Waals surface area contributed by atoms with Gasteiger partial charge in [-0.3, -0.25) is 4.79 Å². The van der Waals surface area contributed by atoms with E-state index in [-0.39, 0.29) is 17.3 Å². The fraction of sp³-hybridized carbons (Fsp3) is 0.857. The zero-order valence-corrected chi connectivity index (χ0v) is 15.5. The van der Waals surface area contributed by atoms with Crippen molar-refractivity contribution in [2.75, 3.05) is 6.61 Å². The Kier molecular flexibility index (Phi) is 3.99. The van der Waals surface area contributed by atoms with E-state index in [1.54, 1.807) is 0 Å². The Balaban J connectivity index is 1.67. The Morgan fingerprint density at radius 3 is 2.56 bits per heavy atom. The van der Waals surface area contributed by atoms with Crippen molar-refractivity contribution in [1.82, 2.24) is 0 Å². The molecule has 4 aliphatic rings. The van der Waals surface area contributed by atoms with Gasteiger partial charge >= 0.3 is 0 Å². The molecule has 4 heteroatoms. The first kappa shape index (κ1) is 17.7. The second-order valence-electron chi connectivity index (χ2n) is 9.57. The smallest absolute Gasteiger partial charge is 0.190 e. The molecule has 1 unspecified atom stereocenters. The molecule has 4 aliphatic carbocycles. The number of carbonyl (C=O) groups is 1. The summed E-state index contributed by atoms with van der Waals surface area (Å²) in [6.07, 6.45) is 9.11. The lowest BCUT2D eigenvalue weighted by molar-refractivity contribution is -0.164. The Morgan fingerprint density at radius 2 is 1.84 bits per heavy atom. The lowest BCUT2D eigenvalue weighted by Crippen LogP contribution is -2.58. The zero-order chi connectivity index (χ0) is 18.0. The first-order valence-electron chi connectivity index (χ1n) is 10.0. The third kappa shape index (κ3) is 2.20. The Bertz CT molecular complexity index is 613. The van der Waals surface area contributed by atoms with Crippen molar-refractivity contribution in [2.24, 2.45) is 28.6 Å². The van der Waals surface area contributed by atoms with Crippen molar-refractivity contribution < 1.29 is 20.1 Å². The van der Waals surface area contributed by atoms with E-state index in [1.807, 2.05) is 0 Å². The minimum Gasteiger partial charge on any atom is -0.389 e. The molecule has 0 amide bonds. The summed E-state index contributed by atoms with van der Waals surface area (Å²) >= 11 is 0. The first-order valence-corrected chi connectivity index (χ1v) is 10.0. The van der Waals surface area contributed by atoms with Gasteiger partial charge in [0.1, 0.15) is 12.2 Å². The van der Waals surface area contributed by atoms with Crippen LogP contribution in [-0.2, 0) is 4.79 Å². The second-order valence-corrected chi connectivity index (χ2v) is 9.57. The van der Waals surface area contributed by atoms with E-state index in [2.05, 4.69) is 19.9 Å². The maximum atomic E-state index is 12.3. The molecule has 0 heterocycles. The molecular formula is C21H32O4. The summed E-state index contributed by atoms with van der Waals surface area (Å²) in [5.74, 6) is 1.10. The average molecular weight is 348 g/mol. The van der Waals surface area contributed by atoms with Crippen LogP contribution in [0.3, 0.4) is 0 Å². The maximum Gasteiger partial charge on any atom is 0.190 e. The van der Waals surface area contributed by atoms with Crippen molar-refractivity contribution in [3.8, 4) is 0 Å². The van der Waals surface area contributed by atoms with E-state index in [4.69, 9.17) is 0 Å². The summed E-state index contributed by atoms with van der Waals surface area (Å²) in [5, 5.41) is 30.6. The molecule has 4 nitrogen and oxygen atoms in total. The SMILES string of the molecule is C[C@]12CCC(O)C=C1CC[C@@H]1[C@@H]2CC[C@@]2(C)[C@H]1CC[C@]2(O)C(=O)CO. The topological polar surface area (TPSA) is 77.8 Å². The van der Waals surface area contributed by atoms with E-state index in [0.717, 1.165) is 44.9 Å². The molecule has 3 N–H and O–H groups in total. The van der Waals surface area contributed by atoms with Gasteiger partial charge in [-0.2, -0.15) is 0 Å². The summed E-state index contributed by atoms with van der Waals surface area (Å²) in [6.45, 7) is 3.91. The van der Waals surface area contributed by atoms with Crippen LogP contribution >= 0.6 is 0 Å². The van der Waals surface area contributed by atoms with Gasteiger partial charge < -0.3 is 15.3 Å². The van der Waals surface area contributed by atoms with Crippen LogP contribution in [0.5, 0.6) is 0 Å². The Hall–Kier alpha value is -0.710. The number of carbonyl (C=O) groups excluding carboxylic acids is 1. The highest BCUT2D eigenvalue weighted by Gasteiger charge is 2.65. The van der Waals surface area contributed by atoms with Crippen LogP contribution in [0, 0.1) is 28.6 Å². The molecule has 0 saturated heterocycles. The first-order chi connectivity index (χ1) is 11.8. The third-order valence-corrected chi connectivity index (χ3v) is 8.85. The maximum absolute atomic E-state index is 12.3. The molecule has 140 valence electrons. The molecule has 0 aromatic carbocycles. The summed E-state index contributed by atoms with van der Waals surface area (Å²) < 4.78 is 0. The number of Topliss-reactive ketones (excluding diaryl/α,β-unsaturated/α-hetero) is 1. The highest BCUT2D eigenvalue weighted by molar-refractivity contribution is 5.89. The molecule has 0 aromatic rings. The van der Waals surface area contributed by atoms with Crippen LogP contribution in [0.4, 0.5) is 0 Å². The molecule has 3 saturated carbocycles. The zero-order valence-electron chi connectivity index (χ0n) is 15.5. The van der Waals surface area contributed by atoms with Crippen molar-refractivity contribution in [3.63, 3.8) is 0 Å². The van der Waals surface area contributed by atoms with Gasteiger partial charge in [-0.25, -0.2) is 0 Å². The number of fused-ring (bicyclic) bond motifs is 5. The number of rotatable bonds is 2. The molecular weight excluding hydrogens is 316 g/mol. The molecule has 0 radical (unpaired) electrons. The van der Waals surface area contributed by atoms with Gasteiger partial charge in [-0.15, -0.1) is 0 Å². The predicted octanol–water partition coefficient (Wildman–Crippen LogP) is 2.60. The van der Waals surface area contributed by atoms with Crippen LogP contribution in [0.15, 0.2) is 11.6 Å². The van der Waals surface area contributed by atoms with Crippen molar-refractivity contribution in [1.29, 1.82) is 0 Å². The molecule has 0 spiro atoms. The number of allylic oxidation sites excluding steroid dienone is 1. The summed E-state index contributed by atoms with van der Waals surface area (Å²) in [7, 11) is 0. The van der Waals surface area contributed by atoms with Gasteiger partial charge in [0.2, 0.25) is 0 Å². The molecule has 0 aromatic heterocycles. The van der Waals surface area contributed by atoms with Gasteiger partial charge in [0.05, 0.1) is 6.10 Å². The summed E-state index contributed by atoms with van der Waals surface area (Å²) in [6, 6.07) is 0. The Morgan fingerprint density at radius 1 is 1.12 bits per heavy atom. The van der Waals surface area contributed by atoms with Gasteiger partial charge in [0, 0.05) is 5.41 Å². The lowest BCUT2D eigenvalue weighted by Gasteiger charge is -2.59. The minimum absolute atomic E-state index is 0.172. The lowest BCUT2D eigenvalue weighted by atomic mass is 9.46. The Labute approximate surface area is 150 Å².